The third kappa shape index (κ3) is 2.87. The van der Waals surface area contributed by atoms with Crippen LogP contribution < -0.4 is 5.32 Å². The molecular formula is C12H17NO. The number of carbonyl (C=O) groups is 1. The summed E-state index contributed by atoms with van der Waals surface area (Å²) in [6.07, 6.45) is 0. The summed E-state index contributed by atoms with van der Waals surface area (Å²) in [6, 6.07) is 10.0. The van der Waals surface area contributed by atoms with E-state index in [1.807, 2.05) is 51.1 Å². The monoisotopic (exact) mass is 191 g/mol. The molecule has 1 N–H and O–H groups in total. The lowest BCUT2D eigenvalue weighted by Crippen LogP contribution is -2.33. The maximum atomic E-state index is 11.6. The lowest BCUT2D eigenvalue weighted by Gasteiger charge is -2.14. The van der Waals surface area contributed by atoms with E-state index in [4.69, 9.17) is 0 Å². The Balaban J connectivity index is 2.66. The van der Waals surface area contributed by atoms with Crippen molar-refractivity contribution in [2.75, 3.05) is 0 Å². The molecule has 2 nitrogen and oxygen atoms in total. The number of rotatable bonds is 3. The van der Waals surface area contributed by atoms with Crippen LogP contribution in [0.25, 0.3) is 0 Å². The summed E-state index contributed by atoms with van der Waals surface area (Å²) in [6.45, 7) is 5.86. The SMILES string of the molecule is CC(C)NC(=O)[C@@H](C)c1ccccc1. The third-order valence-electron chi connectivity index (χ3n) is 2.12. The highest BCUT2D eigenvalue weighted by atomic mass is 16.1. The van der Waals surface area contributed by atoms with Gasteiger partial charge in [0, 0.05) is 6.04 Å². The molecule has 1 amide bonds. The van der Waals surface area contributed by atoms with Crippen LogP contribution in [0.2, 0.25) is 0 Å². The zero-order valence-corrected chi connectivity index (χ0v) is 8.95. The standard InChI is InChI=1S/C12H17NO/c1-9(2)13-12(14)10(3)11-7-5-4-6-8-11/h4-10H,1-3H3,(H,13,14)/t10-/m0/s1. The average Bonchev–Trinajstić information content (AvgIpc) is 2.17. The molecule has 0 bridgehead atoms. The Bertz CT molecular complexity index is 292. The van der Waals surface area contributed by atoms with Crippen LogP contribution in [0.5, 0.6) is 0 Å². The van der Waals surface area contributed by atoms with Gasteiger partial charge in [-0.1, -0.05) is 30.3 Å². The van der Waals surface area contributed by atoms with Gasteiger partial charge in [0.2, 0.25) is 5.91 Å². The Labute approximate surface area is 85.3 Å². The molecular weight excluding hydrogens is 174 g/mol. The summed E-state index contributed by atoms with van der Waals surface area (Å²) in [4.78, 5) is 11.6. The lowest BCUT2D eigenvalue weighted by atomic mass is 10.0. The van der Waals surface area contributed by atoms with E-state index in [1.165, 1.54) is 0 Å². The summed E-state index contributed by atoms with van der Waals surface area (Å²) in [7, 11) is 0. The Morgan fingerprint density at radius 1 is 1.14 bits per heavy atom. The summed E-state index contributed by atoms with van der Waals surface area (Å²) in [5, 5.41) is 2.90. The molecule has 1 rings (SSSR count). The molecule has 0 unspecified atom stereocenters. The second-order valence-corrected chi connectivity index (χ2v) is 3.80. The Kier molecular flexibility index (Phi) is 3.69. The Morgan fingerprint density at radius 3 is 2.21 bits per heavy atom. The van der Waals surface area contributed by atoms with Crippen molar-refractivity contribution >= 4 is 5.91 Å². The molecule has 14 heavy (non-hydrogen) atoms. The van der Waals surface area contributed by atoms with Crippen LogP contribution in [-0.4, -0.2) is 11.9 Å². The molecule has 76 valence electrons. The van der Waals surface area contributed by atoms with Gasteiger partial charge in [0.05, 0.1) is 5.92 Å². The van der Waals surface area contributed by atoms with Crippen molar-refractivity contribution in [2.45, 2.75) is 32.7 Å². The molecule has 0 aromatic heterocycles. The zero-order valence-electron chi connectivity index (χ0n) is 8.95. The van der Waals surface area contributed by atoms with Crippen molar-refractivity contribution in [2.24, 2.45) is 0 Å². The van der Waals surface area contributed by atoms with Gasteiger partial charge in [0.25, 0.3) is 0 Å². The predicted molar refractivity (Wildman–Crippen MR) is 58.1 cm³/mol. The first-order chi connectivity index (χ1) is 6.61. The summed E-state index contributed by atoms with van der Waals surface area (Å²) >= 11 is 0. The number of benzene rings is 1. The fourth-order valence-corrected chi connectivity index (χ4v) is 1.30. The first-order valence-electron chi connectivity index (χ1n) is 4.96. The van der Waals surface area contributed by atoms with Gasteiger partial charge in [-0.3, -0.25) is 4.79 Å². The molecule has 1 atom stereocenters. The largest absolute Gasteiger partial charge is 0.353 e. The van der Waals surface area contributed by atoms with E-state index in [0.717, 1.165) is 5.56 Å². The third-order valence-corrected chi connectivity index (χ3v) is 2.12. The predicted octanol–water partition coefficient (Wildman–Crippen LogP) is 2.31. The van der Waals surface area contributed by atoms with Crippen molar-refractivity contribution in [3.63, 3.8) is 0 Å². The average molecular weight is 191 g/mol. The summed E-state index contributed by atoms with van der Waals surface area (Å²) in [5.74, 6) is 0.0183. The molecule has 2 heteroatoms. The van der Waals surface area contributed by atoms with Crippen LogP contribution in [0.1, 0.15) is 32.3 Å². The first kappa shape index (κ1) is 10.8. The molecule has 0 saturated carbocycles. The fourth-order valence-electron chi connectivity index (χ4n) is 1.30. The maximum Gasteiger partial charge on any atom is 0.227 e. The van der Waals surface area contributed by atoms with E-state index >= 15 is 0 Å². The minimum atomic E-state index is -0.0707. The molecule has 0 spiro atoms. The second kappa shape index (κ2) is 4.80. The summed E-state index contributed by atoms with van der Waals surface area (Å²) < 4.78 is 0. The van der Waals surface area contributed by atoms with E-state index in [9.17, 15) is 4.79 Å². The molecule has 1 aromatic carbocycles. The Morgan fingerprint density at radius 2 is 1.71 bits per heavy atom. The molecule has 0 heterocycles. The van der Waals surface area contributed by atoms with Gasteiger partial charge in [0.1, 0.15) is 0 Å². The highest BCUT2D eigenvalue weighted by molar-refractivity contribution is 5.83. The molecule has 0 radical (unpaired) electrons. The zero-order chi connectivity index (χ0) is 10.6. The van der Waals surface area contributed by atoms with Crippen LogP contribution in [-0.2, 0) is 4.79 Å². The second-order valence-electron chi connectivity index (χ2n) is 3.80. The van der Waals surface area contributed by atoms with Gasteiger partial charge < -0.3 is 5.32 Å². The van der Waals surface area contributed by atoms with Gasteiger partial charge in [-0.2, -0.15) is 0 Å². The van der Waals surface area contributed by atoms with E-state index in [-0.39, 0.29) is 17.9 Å². The number of carbonyl (C=O) groups excluding carboxylic acids is 1. The van der Waals surface area contributed by atoms with Crippen LogP contribution in [0.4, 0.5) is 0 Å². The van der Waals surface area contributed by atoms with Crippen molar-refractivity contribution in [1.29, 1.82) is 0 Å². The molecule has 0 saturated heterocycles. The van der Waals surface area contributed by atoms with E-state index in [2.05, 4.69) is 5.32 Å². The van der Waals surface area contributed by atoms with Crippen LogP contribution in [0.3, 0.4) is 0 Å². The maximum absolute atomic E-state index is 11.6. The van der Waals surface area contributed by atoms with Crippen molar-refractivity contribution in [1.82, 2.24) is 5.32 Å². The van der Waals surface area contributed by atoms with Gasteiger partial charge in [-0.15, -0.1) is 0 Å². The van der Waals surface area contributed by atoms with Crippen molar-refractivity contribution < 1.29 is 4.79 Å². The number of nitrogens with one attached hydrogen (secondary N) is 1. The normalized spacial score (nSPS) is 12.6. The van der Waals surface area contributed by atoms with Crippen LogP contribution in [0.15, 0.2) is 30.3 Å². The smallest absolute Gasteiger partial charge is 0.227 e. The number of amides is 1. The fraction of sp³-hybridized carbons (Fsp3) is 0.417. The first-order valence-corrected chi connectivity index (χ1v) is 4.96. The van der Waals surface area contributed by atoms with Gasteiger partial charge in [-0.05, 0) is 26.3 Å². The quantitative estimate of drug-likeness (QED) is 0.780. The van der Waals surface area contributed by atoms with Crippen molar-refractivity contribution in [3.8, 4) is 0 Å². The van der Waals surface area contributed by atoms with Gasteiger partial charge in [0.15, 0.2) is 0 Å². The van der Waals surface area contributed by atoms with Gasteiger partial charge in [-0.25, -0.2) is 0 Å². The van der Waals surface area contributed by atoms with Crippen molar-refractivity contribution in [3.05, 3.63) is 35.9 Å². The van der Waals surface area contributed by atoms with Gasteiger partial charge >= 0.3 is 0 Å². The highest BCUT2D eigenvalue weighted by Gasteiger charge is 2.14. The van der Waals surface area contributed by atoms with Crippen LogP contribution in [0, 0.1) is 0 Å². The van der Waals surface area contributed by atoms with Crippen LogP contribution >= 0.6 is 0 Å². The topological polar surface area (TPSA) is 29.1 Å². The molecule has 1 aromatic rings. The number of hydrogen-bond donors (Lipinski definition) is 1. The Hall–Kier alpha value is -1.31. The molecule has 0 aliphatic heterocycles. The van der Waals surface area contributed by atoms with E-state index in [0.29, 0.717) is 0 Å². The van der Waals surface area contributed by atoms with E-state index < -0.39 is 0 Å². The van der Waals surface area contributed by atoms with E-state index in [1.54, 1.807) is 0 Å². The highest BCUT2D eigenvalue weighted by Crippen LogP contribution is 2.14. The number of hydrogen-bond acceptors (Lipinski definition) is 1. The minimum Gasteiger partial charge on any atom is -0.353 e. The molecule has 0 fully saturated rings. The molecule has 0 aliphatic rings. The molecule has 0 aliphatic carbocycles. The minimum absolute atomic E-state index is 0.0707. The summed E-state index contributed by atoms with van der Waals surface area (Å²) in [5.41, 5.74) is 1.06. The lowest BCUT2D eigenvalue weighted by molar-refractivity contribution is -0.122.